The van der Waals surface area contributed by atoms with Gasteiger partial charge in [0.05, 0.1) is 0 Å². The highest BCUT2D eigenvalue weighted by Crippen LogP contribution is 2.27. The summed E-state index contributed by atoms with van der Waals surface area (Å²) in [5, 5.41) is 9.82. The van der Waals surface area contributed by atoms with Gasteiger partial charge in [0.1, 0.15) is 0 Å². The van der Waals surface area contributed by atoms with Gasteiger partial charge in [0.15, 0.2) is 5.96 Å². The predicted molar refractivity (Wildman–Crippen MR) is 116 cm³/mol. The molecule has 7 heteroatoms. The van der Waals surface area contributed by atoms with Gasteiger partial charge in [0, 0.05) is 50.6 Å². The zero-order chi connectivity index (χ0) is 20.5. The molecule has 29 heavy (non-hydrogen) atoms. The van der Waals surface area contributed by atoms with E-state index in [1.54, 1.807) is 0 Å². The van der Waals surface area contributed by atoms with E-state index in [4.69, 9.17) is 0 Å². The van der Waals surface area contributed by atoms with E-state index in [0.717, 1.165) is 64.1 Å². The summed E-state index contributed by atoms with van der Waals surface area (Å²) in [7, 11) is 0. The van der Waals surface area contributed by atoms with Crippen molar-refractivity contribution in [3.05, 3.63) is 0 Å². The third kappa shape index (κ3) is 6.61. The third-order valence-corrected chi connectivity index (χ3v) is 6.52. The summed E-state index contributed by atoms with van der Waals surface area (Å²) in [4.78, 5) is 31.3. The van der Waals surface area contributed by atoms with Crippen LogP contribution < -0.4 is 16.0 Å². The molecular weight excluding hydrogens is 366 g/mol. The highest BCUT2D eigenvalue weighted by atomic mass is 16.2. The molecule has 2 saturated carbocycles. The molecule has 3 rings (SSSR count). The van der Waals surface area contributed by atoms with Gasteiger partial charge in [-0.05, 0) is 45.4 Å². The molecule has 0 spiro atoms. The van der Waals surface area contributed by atoms with Crippen LogP contribution in [0.2, 0.25) is 0 Å². The molecule has 0 radical (unpaired) electrons. The van der Waals surface area contributed by atoms with Crippen LogP contribution in [-0.2, 0) is 9.59 Å². The monoisotopic (exact) mass is 405 g/mol. The lowest BCUT2D eigenvalue weighted by Crippen LogP contribution is -2.45. The number of likely N-dealkylation sites (tertiary alicyclic amines) is 1. The fourth-order valence-corrected chi connectivity index (χ4v) is 4.50. The standard InChI is InChI=1S/C22H39N5O2/c1-2-23-22(25-14-7-13-24-20(28)17-10-6-11-17)26-19-12-15-27(16-19)21(29)18-8-4-3-5-9-18/h17-19H,2-16H2,1H3,(H,24,28)(H2,23,25,26). The summed E-state index contributed by atoms with van der Waals surface area (Å²) in [5.74, 6) is 1.88. The fraction of sp³-hybridized carbons (Fsp3) is 0.864. The van der Waals surface area contributed by atoms with Crippen molar-refractivity contribution >= 4 is 17.8 Å². The third-order valence-electron chi connectivity index (χ3n) is 6.52. The van der Waals surface area contributed by atoms with E-state index in [1.807, 2.05) is 4.90 Å². The van der Waals surface area contributed by atoms with Crippen LogP contribution in [0.4, 0.5) is 0 Å². The molecule has 3 fully saturated rings. The minimum atomic E-state index is 0.207. The number of hydrogen-bond donors (Lipinski definition) is 3. The molecule has 0 aromatic carbocycles. The molecule has 0 aromatic rings. The molecule has 1 atom stereocenters. The van der Waals surface area contributed by atoms with Gasteiger partial charge in [-0.15, -0.1) is 0 Å². The van der Waals surface area contributed by atoms with Gasteiger partial charge in [-0.1, -0.05) is 25.7 Å². The molecule has 1 aliphatic heterocycles. The van der Waals surface area contributed by atoms with Crippen LogP contribution in [0, 0.1) is 11.8 Å². The second kappa shape index (κ2) is 11.4. The maximum absolute atomic E-state index is 12.7. The Morgan fingerprint density at radius 1 is 0.966 bits per heavy atom. The van der Waals surface area contributed by atoms with Gasteiger partial charge >= 0.3 is 0 Å². The Hall–Kier alpha value is -1.79. The molecule has 2 aliphatic carbocycles. The first-order valence-corrected chi connectivity index (χ1v) is 11.8. The van der Waals surface area contributed by atoms with Crippen molar-refractivity contribution in [2.24, 2.45) is 16.8 Å². The van der Waals surface area contributed by atoms with Crippen LogP contribution in [0.15, 0.2) is 4.99 Å². The number of hydrogen-bond acceptors (Lipinski definition) is 3. The Morgan fingerprint density at radius 2 is 1.72 bits per heavy atom. The second-order valence-electron chi connectivity index (χ2n) is 8.78. The highest BCUT2D eigenvalue weighted by molar-refractivity contribution is 5.81. The van der Waals surface area contributed by atoms with Crippen LogP contribution in [0.1, 0.15) is 71.1 Å². The molecule has 1 heterocycles. The van der Waals surface area contributed by atoms with Crippen LogP contribution >= 0.6 is 0 Å². The van der Waals surface area contributed by atoms with Crippen molar-refractivity contribution in [2.45, 2.75) is 77.2 Å². The van der Waals surface area contributed by atoms with E-state index < -0.39 is 0 Å². The minimum absolute atomic E-state index is 0.207. The Balaban J connectivity index is 1.37. The lowest BCUT2D eigenvalue weighted by atomic mass is 9.85. The van der Waals surface area contributed by atoms with Gasteiger partial charge in [-0.3, -0.25) is 14.6 Å². The van der Waals surface area contributed by atoms with E-state index in [9.17, 15) is 9.59 Å². The van der Waals surface area contributed by atoms with Crippen LogP contribution in [-0.4, -0.2) is 61.4 Å². The molecular formula is C22H39N5O2. The van der Waals surface area contributed by atoms with Gasteiger partial charge in [0.2, 0.25) is 11.8 Å². The smallest absolute Gasteiger partial charge is 0.225 e. The first-order chi connectivity index (χ1) is 14.2. The maximum atomic E-state index is 12.7. The summed E-state index contributed by atoms with van der Waals surface area (Å²) < 4.78 is 0. The number of guanidine groups is 1. The lowest BCUT2D eigenvalue weighted by molar-refractivity contribution is -0.135. The molecule has 7 nitrogen and oxygen atoms in total. The predicted octanol–water partition coefficient (Wildman–Crippen LogP) is 2.03. The number of amides is 2. The summed E-state index contributed by atoms with van der Waals surface area (Å²) in [5.41, 5.74) is 0. The minimum Gasteiger partial charge on any atom is -0.357 e. The lowest BCUT2D eigenvalue weighted by Gasteiger charge is -2.26. The van der Waals surface area contributed by atoms with E-state index in [2.05, 4.69) is 27.9 Å². The molecule has 164 valence electrons. The fourth-order valence-electron chi connectivity index (χ4n) is 4.50. The maximum Gasteiger partial charge on any atom is 0.225 e. The van der Waals surface area contributed by atoms with E-state index in [-0.39, 0.29) is 23.8 Å². The van der Waals surface area contributed by atoms with Gasteiger partial charge in [-0.25, -0.2) is 0 Å². The van der Waals surface area contributed by atoms with E-state index in [1.165, 1.54) is 25.7 Å². The highest BCUT2D eigenvalue weighted by Gasteiger charge is 2.31. The van der Waals surface area contributed by atoms with E-state index in [0.29, 0.717) is 19.0 Å². The van der Waals surface area contributed by atoms with Crippen LogP contribution in [0.25, 0.3) is 0 Å². The molecule has 1 unspecified atom stereocenters. The molecule has 1 saturated heterocycles. The largest absolute Gasteiger partial charge is 0.357 e. The number of nitrogens with one attached hydrogen (secondary N) is 3. The Kier molecular flexibility index (Phi) is 8.62. The van der Waals surface area contributed by atoms with E-state index >= 15 is 0 Å². The summed E-state index contributed by atoms with van der Waals surface area (Å²) in [6, 6.07) is 0.263. The molecule has 0 bridgehead atoms. The van der Waals surface area contributed by atoms with Crippen molar-refractivity contribution < 1.29 is 9.59 Å². The molecule has 3 N–H and O–H groups in total. The van der Waals surface area contributed by atoms with Crippen molar-refractivity contribution in [1.29, 1.82) is 0 Å². The second-order valence-corrected chi connectivity index (χ2v) is 8.78. The average Bonchev–Trinajstić information content (AvgIpc) is 3.15. The zero-order valence-corrected chi connectivity index (χ0v) is 18.0. The van der Waals surface area contributed by atoms with Crippen molar-refractivity contribution in [2.75, 3.05) is 32.7 Å². The van der Waals surface area contributed by atoms with Crippen LogP contribution in [0.5, 0.6) is 0 Å². The average molecular weight is 406 g/mol. The van der Waals surface area contributed by atoms with Gasteiger partial charge in [-0.2, -0.15) is 0 Å². The van der Waals surface area contributed by atoms with Crippen molar-refractivity contribution in [3.63, 3.8) is 0 Å². The first-order valence-electron chi connectivity index (χ1n) is 11.8. The normalized spacial score (nSPS) is 23.6. The summed E-state index contributed by atoms with van der Waals surface area (Å²) in [6.07, 6.45) is 10.9. The first kappa shape index (κ1) is 21.9. The zero-order valence-electron chi connectivity index (χ0n) is 18.0. The Bertz CT molecular complexity index is 570. The van der Waals surface area contributed by atoms with Gasteiger partial charge < -0.3 is 20.9 Å². The van der Waals surface area contributed by atoms with Crippen LogP contribution in [0.3, 0.4) is 0 Å². The van der Waals surface area contributed by atoms with Gasteiger partial charge in [0.25, 0.3) is 0 Å². The number of rotatable bonds is 8. The summed E-state index contributed by atoms with van der Waals surface area (Å²) >= 11 is 0. The van der Waals surface area contributed by atoms with Crippen molar-refractivity contribution in [3.8, 4) is 0 Å². The number of aliphatic imine (C=N–C) groups is 1. The number of carbonyl (C=O) groups is 2. The molecule has 3 aliphatic rings. The topological polar surface area (TPSA) is 85.8 Å². The van der Waals surface area contributed by atoms with Crippen molar-refractivity contribution in [1.82, 2.24) is 20.9 Å². The number of carbonyl (C=O) groups excluding carboxylic acids is 2. The summed E-state index contributed by atoms with van der Waals surface area (Å²) in [6.45, 7) is 5.85. The molecule has 2 amide bonds. The SMILES string of the molecule is CCNC(=NCCCNC(=O)C1CCC1)NC1CCN(C(=O)C2CCCCC2)C1. The number of nitrogens with zero attached hydrogens (tertiary/aromatic N) is 2. The Morgan fingerprint density at radius 3 is 2.41 bits per heavy atom. The molecule has 0 aromatic heterocycles. The quantitative estimate of drug-likeness (QED) is 0.328. The Labute approximate surface area is 175 Å².